The van der Waals surface area contributed by atoms with Crippen LogP contribution in [0.2, 0.25) is 3.67 Å². The summed E-state index contributed by atoms with van der Waals surface area (Å²) in [6.07, 6.45) is 0. The summed E-state index contributed by atoms with van der Waals surface area (Å²) in [6, 6.07) is 0. The molecule has 0 fully saturated rings. The van der Waals surface area contributed by atoms with Crippen LogP contribution in [0.4, 0.5) is 0 Å². The average Bonchev–Trinajstić information content (AvgIpc) is 1.36. The molecule has 0 amide bonds. The Kier molecular flexibility index (Phi) is 5.88. The summed E-state index contributed by atoms with van der Waals surface area (Å²) in [4.78, 5) is 0. The SMILES string of the molecule is C[CH](C)[In]([I])[I]. The first-order valence-corrected chi connectivity index (χ1v) is 23.0. The van der Waals surface area contributed by atoms with Gasteiger partial charge in [-0.15, -0.1) is 0 Å². The van der Waals surface area contributed by atoms with Gasteiger partial charge in [0, 0.05) is 0 Å². The molecule has 0 aliphatic heterocycles. The molecular formula is C3H7I2In. The van der Waals surface area contributed by atoms with Gasteiger partial charge in [0.2, 0.25) is 0 Å². The Morgan fingerprint density at radius 3 is 1.50 bits per heavy atom. The second-order valence-electron chi connectivity index (χ2n) is 1.58. The van der Waals surface area contributed by atoms with E-state index in [0.29, 0.717) is 0 Å². The van der Waals surface area contributed by atoms with Crippen molar-refractivity contribution in [3.05, 3.63) is 0 Å². The van der Waals surface area contributed by atoms with Crippen molar-refractivity contribution in [2.24, 2.45) is 0 Å². The van der Waals surface area contributed by atoms with Crippen LogP contribution in [-0.2, 0) is 0 Å². The maximum absolute atomic E-state index is 2.63. The molecule has 0 unspecified atom stereocenters. The van der Waals surface area contributed by atoms with Gasteiger partial charge in [-0.1, -0.05) is 0 Å². The van der Waals surface area contributed by atoms with Gasteiger partial charge in [-0.3, -0.25) is 0 Å². The summed E-state index contributed by atoms with van der Waals surface area (Å²) in [7, 11) is 0. The topological polar surface area (TPSA) is 0 Å². The standard InChI is InChI=1S/C3H7.2HI.In/c1-3-2;;;/h3H,1-2H3;2*1H;/q;;;+2/p-2. The number of halogens is 2. The molecule has 0 saturated carbocycles. The Bertz CT molecular complexity index is 29.8. The fourth-order valence-electron chi connectivity index (χ4n) is 0. The van der Waals surface area contributed by atoms with E-state index in [2.05, 4.69) is 50.1 Å². The first kappa shape index (κ1) is 8.33. The van der Waals surface area contributed by atoms with Crippen molar-refractivity contribution in [1.82, 2.24) is 0 Å². The first-order valence-electron chi connectivity index (χ1n) is 1.92. The summed E-state index contributed by atoms with van der Waals surface area (Å²) in [6.45, 7) is 4.64. The zero-order chi connectivity index (χ0) is 5.15. The second-order valence-corrected chi connectivity index (χ2v) is 41.3. The third-order valence-electron chi connectivity index (χ3n) is 0.504. The molecule has 0 aromatic carbocycles. The third kappa shape index (κ3) is 4.49. The van der Waals surface area contributed by atoms with Crippen LogP contribution in [0.1, 0.15) is 13.8 Å². The van der Waals surface area contributed by atoms with Crippen molar-refractivity contribution in [3.8, 4) is 0 Å². The van der Waals surface area contributed by atoms with Crippen molar-refractivity contribution in [3.63, 3.8) is 0 Å². The molecule has 3 heteroatoms. The van der Waals surface area contributed by atoms with Crippen LogP contribution >= 0.6 is 36.3 Å². The second kappa shape index (κ2) is 4.23. The molecule has 0 aliphatic rings. The molecule has 0 spiro atoms. The first-order chi connectivity index (χ1) is 2.64. The van der Waals surface area contributed by atoms with Gasteiger partial charge in [-0.25, -0.2) is 0 Å². The van der Waals surface area contributed by atoms with Crippen molar-refractivity contribution in [1.29, 1.82) is 0 Å². The molecule has 0 N–H and O–H groups in total. The molecule has 6 heavy (non-hydrogen) atoms. The van der Waals surface area contributed by atoms with Crippen LogP contribution in [-0.4, -0.2) is 13.1 Å². The molecule has 0 aromatic rings. The van der Waals surface area contributed by atoms with Gasteiger partial charge in [-0.05, 0) is 0 Å². The normalized spacial score (nSPS) is 9.50. The third-order valence-corrected chi connectivity index (χ3v) is 22.7. The molecule has 0 aliphatic carbocycles. The van der Waals surface area contributed by atoms with Crippen LogP contribution < -0.4 is 0 Å². The Morgan fingerprint density at radius 1 is 1.33 bits per heavy atom. The van der Waals surface area contributed by atoms with Gasteiger partial charge in [0.1, 0.15) is 0 Å². The fraction of sp³-hybridized carbons (Fsp3) is 1.00. The van der Waals surface area contributed by atoms with E-state index < -0.39 is 13.1 Å². The number of hydrogen-bond acceptors (Lipinski definition) is 0. The predicted octanol–water partition coefficient (Wildman–Crippen LogP) is 2.75. The molecule has 0 nitrogen and oxygen atoms in total. The Labute approximate surface area is 65.5 Å². The van der Waals surface area contributed by atoms with E-state index >= 15 is 0 Å². The number of rotatable bonds is 1. The van der Waals surface area contributed by atoms with E-state index in [9.17, 15) is 0 Å². The van der Waals surface area contributed by atoms with Crippen molar-refractivity contribution in [2.75, 3.05) is 0 Å². The quantitative estimate of drug-likeness (QED) is 0.582. The summed E-state index contributed by atoms with van der Waals surface area (Å²) in [5, 5.41) is 0. The van der Waals surface area contributed by atoms with Crippen molar-refractivity contribution < 1.29 is 0 Å². The van der Waals surface area contributed by atoms with E-state index in [-0.39, 0.29) is 0 Å². The summed E-state index contributed by atoms with van der Waals surface area (Å²) in [5.74, 6) is 0. The average molecular weight is 412 g/mol. The minimum absolute atomic E-state index is 0.865. The molecule has 0 heterocycles. The van der Waals surface area contributed by atoms with E-state index in [1.807, 2.05) is 0 Å². The van der Waals surface area contributed by atoms with E-state index in [1.165, 1.54) is 0 Å². The Morgan fingerprint density at radius 2 is 1.50 bits per heavy atom. The molecule has 0 saturated heterocycles. The van der Waals surface area contributed by atoms with Gasteiger partial charge in [-0.2, -0.15) is 0 Å². The number of hydrogen-bond donors (Lipinski definition) is 0. The van der Waals surface area contributed by atoms with Crippen molar-refractivity contribution >= 4 is 49.4 Å². The van der Waals surface area contributed by atoms with Crippen LogP contribution in [0.3, 0.4) is 0 Å². The van der Waals surface area contributed by atoms with Gasteiger partial charge in [0.05, 0.1) is 0 Å². The van der Waals surface area contributed by atoms with Gasteiger partial charge < -0.3 is 0 Å². The Balaban J connectivity index is 2.99. The molecule has 0 atom stereocenters. The maximum atomic E-state index is 2.63. The van der Waals surface area contributed by atoms with Crippen LogP contribution in [0, 0.1) is 0 Å². The molecule has 36 valence electrons. The zero-order valence-electron chi connectivity index (χ0n) is 3.91. The van der Waals surface area contributed by atoms with E-state index in [1.54, 1.807) is 0 Å². The van der Waals surface area contributed by atoms with Gasteiger partial charge in [0.25, 0.3) is 0 Å². The Hall–Kier alpha value is 2.33. The fourth-order valence-corrected chi connectivity index (χ4v) is 0. The van der Waals surface area contributed by atoms with Gasteiger partial charge in [0.15, 0.2) is 0 Å². The van der Waals surface area contributed by atoms with E-state index in [0.717, 1.165) is 3.67 Å². The molecule has 0 radical (unpaired) electrons. The monoisotopic (exact) mass is 412 g/mol. The van der Waals surface area contributed by atoms with Crippen molar-refractivity contribution in [2.45, 2.75) is 17.5 Å². The zero-order valence-corrected chi connectivity index (χ0v) is 11.5. The van der Waals surface area contributed by atoms with Crippen LogP contribution in [0.5, 0.6) is 0 Å². The predicted molar refractivity (Wildman–Crippen MR) is 48.9 cm³/mol. The molecular weight excluding hydrogens is 405 g/mol. The van der Waals surface area contributed by atoms with Crippen LogP contribution in [0.15, 0.2) is 0 Å². The summed E-state index contributed by atoms with van der Waals surface area (Å²) < 4.78 is 1.04. The summed E-state index contributed by atoms with van der Waals surface area (Å²) in [5.41, 5.74) is 0. The molecule has 0 bridgehead atoms. The summed E-state index contributed by atoms with van der Waals surface area (Å²) >= 11 is 4.39. The minimum atomic E-state index is -0.865. The van der Waals surface area contributed by atoms with Crippen LogP contribution in [0.25, 0.3) is 0 Å². The van der Waals surface area contributed by atoms with Gasteiger partial charge >= 0.3 is 66.9 Å². The molecule has 0 aromatic heterocycles. The van der Waals surface area contributed by atoms with E-state index in [4.69, 9.17) is 0 Å². The molecule has 0 rings (SSSR count).